The maximum Gasteiger partial charge on any atom is 0.209 e. The summed E-state index contributed by atoms with van der Waals surface area (Å²) in [6.45, 7) is 5.82. The van der Waals surface area contributed by atoms with Gasteiger partial charge in [0.25, 0.3) is 0 Å². The summed E-state index contributed by atoms with van der Waals surface area (Å²) in [4.78, 5) is 24.0. The molecule has 108 valence electrons. The zero-order valence-electron chi connectivity index (χ0n) is 12.5. The minimum Gasteiger partial charge on any atom is -0.486 e. The molecule has 19 heavy (non-hydrogen) atoms. The van der Waals surface area contributed by atoms with Crippen molar-refractivity contribution in [2.24, 2.45) is 0 Å². The molecule has 1 aliphatic rings. The number of carbonyl (C=O) groups excluding carboxylic acids is 2. The third-order valence-corrected chi connectivity index (χ3v) is 3.57. The second-order valence-electron chi connectivity index (χ2n) is 5.22. The topological polar surface area (TPSA) is 43.4 Å². The summed E-state index contributed by atoms with van der Waals surface area (Å²) < 4.78 is 5.43. The van der Waals surface area contributed by atoms with Crippen LogP contribution in [0.4, 0.5) is 0 Å². The van der Waals surface area contributed by atoms with Gasteiger partial charge in [-0.05, 0) is 13.3 Å². The highest BCUT2D eigenvalue weighted by Gasteiger charge is 2.34. The van der Waals surface area contributed by atoms with Crippen molar-refractivity contribution < 1.29 is 14.3 Å². The molecule has 0 radical (unpaired) electrons. The molecule has 3 nitrogen and oxygen atoms in total. The van der Waals surface area contributed by atoms with E-state index in [1.54, 1.807) is 6.92 Å². The van der Waals surface area contributed by atoms with E-state index in [4.69, 9.17) is 4.74 Å². The van der Waals surface area contributed by atoms with Crippen molar-refractivity contribution in [3.05, 3.63) is 11.3 Å². The van der Waals surface area contributed by atoms with Crippen molar-refractivity contribution in [1.29, 1.82) is 0 Å². The Kier molecular flexibility index (Phi) is 6.82. The van der Waals surface area contributed by atoms with Gasteiger partial charge in [-0.25, -0.2) is 0 Å². The summed E-state index contributed by atoms with van der Waals surface area (Å²) in [7, 11) is 0. The van der Waals surface area contributed by atoms with Crippen LogP contribution in [-0.2, 0) is 14.3 Å². The Morgan fingerprint density at radius 2 is 1.74 bits per heavy atom. The number of carbonyl (C=O) groups is 2. The van der Waals surface area contributed by atoms with Gasteiger partial charge >= 0.3 is 0 Å². The van der Waals surface area contributed by atoms with Gasteiger partial charge in [-0.3, -0.25) is 9.59 Å². The van der Waals surface area contributed by atoms with Crippen LogP contribution in [-0.4, -0.2) is 17.7 Å². The predicted molar refractivity (Wildman–Crippen MR) is 75.9 cm³/mol. The Bertz CT molecular complexity index is 355. The zero-order valence-corrected chi connectivity index (χ0v) is 12.5. The molecule has 0 fully saturated rings. The number of unbranched alkanes of at least 4 members (excludes halogenated alkanes) is 5. The lowest BCUT2D eigenvalue weighted by Gasteiger charge is -2.03. The van der Waals surface area contributed by atoms with Gasteiger partial charge in [0.05, 0.1) is 0 Å². The lowest BCUT2D eigenvalue weighted by molar-refractivity contribution is -0.123. The average Bonchev–Trinajstić information content (AvgIpc) is 2.69. The van der Waals surface area contributed by atoms with Crippen molar-refractivity contribution in [3.8, 4) is 0 Å². The number of hydrogen-bond donors (Lipinski definition) is 0. The zero-order chi connectivity index (χ0) is 14.3. The van der Waals surface area contributed by atoms with Crippen LogP contribution in [0.15, 0.2) is 11.3 Å². The van der Waals surface area contributed by atoms with E-state index in [9.17, 15) is 9.59 Å². The van der Waals surface area contributed by atoms with Gasteiger partial charge in [0, 0.05) is 12.8 Å². The molecule has 0 aliphatic carbocycles. The molecule has 0 saturated carbocycles. The van der Waals surface area contributed by atoms with Gasteiger partial charge < -0.3 is 4.74 Å². The highest BCUT2D eigenvalue weighted by Crippen LogP contribution is 2.26. The minimum absolute atomic E-state index is 0.0262. The lowest BCUT2D eigenvalue weighted by atomic mass is 9.98. The summed E-state index contributed by atoms with van der Waals surface area (Å²) >= 11 is 0. The summed E-state index contributed by atoms with van der Waals surface area (Å²) in [5.74, 6) is 0.433. The molecule has 1 rings (SSSR count). The molecule has 1 atom stereocenters. The molecule has 0 aromatic heterocycles. The minimum atomic E-state index is -0.474. The Balaban J connectivity index is 2.38. The third kappa shape index (κ3) is 4.48. The summed E-state index contributed by atoms with van der Waals surface area (Å²) in [5.41, 5.74) is 0.337. The van der Waals surface area contributed by atoms with E-state index in [-0.39, 0.29) is 11.6 Å². The van der Waals surface area contributed by atoms with Crippen LogP contribution in [0.3, 0.4) is 0 Å². The molecule has 0 amide bonds. The fourth-order valence-electron chi connectivity index (χ4n) is 2.41. The second-order valence-corrected chi connectivity index (χ2v) is 5.22. The van der Waals surface area contributed by atoms with Gasteiger partial charge in [0.1, 0.15) is 11.3 Å². The van der Waals surface area contributed by atoms with Crippen LogP contribution in [0, 0.1) is 0 Å². The van der Waals surface area contributed by atoms with Crippen molar-refractivity contribution in [3.63, 3.8) is 0 Å². The normalized spacial score (nSPS) is 18.9. The van der Waals surface area contributed by atoms with Crippen molar-refractivity contribution in [2.75, 3.05) is 0 Å². The van der Waals surface area contributed by atoms with Crippen LogP contribution < -0.4 is 0 Å². The second kappa shape index (κ2) is 8.13. The molecule has 0 aromatic rings. The molecule has 0 aromatic carbocycles. The fraction of sp³-hybridized carbons (Fsp3) is 0.750. The van der Waals surface area contributed by atoms with E-state index >= 15 is 0 Å². The van der Waals surface area contributed by atoms with E-state index in [2.05, 4.69) is 6.92 Å². The quantitative estimate of drug-likeness (QED) is 0.468. The van der Waals surface area contributed by atoms with Crippen molar-refractivity contribution in [1.82, 2.24) is 0 Å². The summed E-state index contributed by atoms with van der Waals surface area (Å²) in [6, 6.07) is 0. The number of Topliss-reactive ketones (excluding diaryl/α,β-unsaturated/α-hetero) is 2. The van der Waals surface area contributed by atoms with E-state index < -0.39 is 6.10 Å². The number of hydrogen-bond acceptors (Lipinski definition) is 3. The van der Waals surface area contributed by atoms with Crippen molar-refractivity contribution in [2.45, 2.75) is 78.2 Å². The van der Waals surface area contributed by atoms with Crippen LogP contribution in [0.25, 0.3) is 0 Å². The standard InChI is InChI=1S/C16H26O3/c1-4-6-7-8-9-10-11-13(17)15-14(5-2)19-12(3)16(15)18/h12H,4-11H2,1-3H3. The smallest absolute Gasteiger partial charge is 0.209 e. The molecule has 1 unspecified atom stereocenters. The predicted octanol–water partition coefficient (Wildman–Crippen LogP) is 3.96. The van der Waals surface area contributed by atoms with Gasteiger partial charge in [0.15, 0.2) is 11.9 Å². The van der Waals surface area contributed by atoms with Crippen LogP contribution in [0.5, 0.6) is 0 Å². The number of ketones is 2. The number of allylic oxidation sites excluding steroid dienone is 1. The maximum absolute atomic E-state index is 12.1. The molecule has 0 bridgehead atoms. The average molecular weight is 266 g/mol. The van der Waals surface area contributed by atoms with Gasteiger partial charge in [-0.2, -0.15) is 0 Å². The molecular formula is C16H26O3. The van der Waals surface area contributed by atoms with E-state index in [0.29, 0.717) is 24.2 Å². The molecule has 1 heterocycles. The van der Waals surface area contributed by atoms with E-state index in [1.807, 2.05) is 6.92 Å². The Labute approximate surface area is 116 Å². The molecule has 0 saturated heterocycles. The first-order valence-electron chi connectivity index (χ1n) is 7.59. The Morgan fingerprint density at radius 1 is 1.11 bits per heavy atom. The lowest BCUT2D eigenvalue weighted by Crippen LogP contribution is -2.18. The number of ether oxygens (including phenoxy) is 1. The first kappa shape index (κ1) is 15.9. The first-order valence-corrected chi connectivity index (χ1v) is 7.59. The van der Waals surface area contributed by atoms with Gasteiger partial charge in [-0.15, -0.1) is 0 Å². The summed E-state index contributed by atoms with van der Waals surface area (Å²) in [6.07, 6.45) is 7.50. The SMILES string of the molecule is CCCCCCCCC(=O)C1=C(CC)OC(C)C1=O. The Hall–Kier alpha value is -1.12. The molecule has 3 heteroatoms. The van der Waals surface area contributed by atoms with Gasteiger partial charge in [-0.1, -0.05) is 46.0 Å². The Morgan fingerprint density at radius 3 is 2.37 bits per heavy atom. The fourth-order valence-corrected chi connectivity index (χ4v) is 2.41. The summed E-state index contributed by atoms with van der Waals surface area (Å²) in [5, 5.41) is 0. The molecule has 0 N–H and O–H groups in total. The molecule has 1 aliphatic heterocycles. The molecule has 0 spiro atoms. The highest BCUT2D eigenvalue weighted by atomic mass is 16.5. The van der Waals surface area contributed by atoms with E-state index in [1.165, 1.54) is 25.7 Å². The van der Waals surface area contributed by atoms with Crippen LogP contribution in [0.1, 0.15) is 72.1 Å². The van der Waals surface area contributed by atoms with Crippen LogP contribution >= 0.6 is 0 Å². The maximum atomic E-state index is 12.1. The third-order valence-electron chi connectivity index (χ3n) is 3.57. The van der Waals surface area contributed by atoms with E-state index in [0.717, 1.165) is 12.8 Å². The van der Waals surface area contributed by atoms with Gasteiger partial charge in [0.2, 0.25) is 5.78 Å². The van der Waals surface area contributed by atoms with Crippen LogP contribution in [0.2, 0.25) is 0 Å². The first-order chi connectivity index (χ1) is 9.11. The number of rotatable bonds is 9. The monoisotopic (exact) mass is 266 g/mol. The highest BCUT2D eigenvalue weighted by molar-refractivity contribution is 6.23. The largest absolute Gasteiger partial charge is 0.486 e. The molecular weight excluding hydrogens is 240 g/mol. The van der Waals surface area contributed by atoms with Crippen molar-refractivity contribution >= 4 is 11.6 Å².